The van der Waals surface area contributed by atoms with E-state index in [1.54, 1.807) is 0 Å². The third kappa shape index (κ3) is 5.36. The monoisotopic (exact) mass is 461 g/mol. The summed E-state index contributed by atoms with van der Waals surface area (Å²) in [5.74, 6) is 2.66. The minimum atomic E-state index is -0.170. The van der Waals surface area contributed by atoms with E-state index in [0.29, 0.717) is 12.2 Å². The van der Waals surface area contributed by atoms with Gasteiger partial charge in [0, 0.05) is 41.3 Å². The van der Waals surface area contributed by atoms with Crippen molar-refractivity contribution in [3.8, 4) is 11.5 Å². The second-order valence-electron chi connectivity index (χ2n) is 9.57. The molecule has 2 aromatic rings. The smallest absolute Gasteiger partial charge is 0.127 e. The van der Waals surface area contributed by atoms with E-state index in [4.69, 9.17) is 4.74 Å². The van der Waals surface area contributed by atoms with Gasteiger partial charge in [0.1, 0.15) is 17.1 Å². The third-order valence-corrected chi connectivity index (χ3v) is 9.63. The summed E-state index contributed by atoms with van der Waals surface area (Å²) in [5, 5.41) is 20.5. The Kier molecular flexibility index (Phi) is 7.11. The average molecular weight is 462 g/mol. The molecule has 170 valence electrons. The summed E-state index contributed by atoms with van der Waals surface area (Å²) in [6.45, 7) is 9.19. The predicted molar refractivity (Wildman–Crippen MR) is 130 cm³/mol. The summed E-state index contributed by atoms with van der Waals surface area (Å²) in [5.41, 5.74) is 4.77. The van der Waals surface area contributed by atoms with Crippen LogP contribution in [0.3, 0.4) is 0 Å². The molecule has 1 aromatic heterocycles. The highest BCUT2D eigenvalue weighted by atomic mass is 33.1. The number of benzene rings is 1. The van der Waals surface area contributed by atoms with Gasteiger partial charge < -0.3 is 9.84 Å². The third-order valence-electron chi connectivity index (χ3n) is 6.62. The molecule has 0 bridgehead atoms. The van der Waals surface area contributed by atoms with Crippen LogP contribution in [0, 0.1) is 13.8 Å². The summed E-state index contributed by atoms with van der Waals surface area (Å²) in [6.07, 6.45) is 10.9. The van der Waals surface area contributed by atoms with E-state index < -0.39 is 0 Å². The molecule has 0 aliphatic carbocycles. The van der Waals surface area contributed by atoms with E-state index in [1.807, 2.05) is 35.5 Å². The second kappa shape index (κ2) is 9.65. The Hall–Kier alpha value is -1.34. The number of aryl methyl sites for hydroxylation is 1. The summed E-state index contributed by atoms with van der Waals surface area (Å²) < 4.78 is 8.29. The van der Waals surface area contributed by atoms with Gasteiger partial charge in [0.15, 0.2) is 0 Å². The molecule has 1 fully saturated rings. The van der Waals surface area contributed by atoms with Crippen LogP contribution in [0.4, 0.5) is 0 Å². The first kappa shape index (κ1) is 22.8. The summed E-state index contributed by atoms with van der Waals surface area (Å²) in [4.78, 5) is 0. The Labute approximate surface area is 194 Å². The molecule has 2 aliphatic heterocycles. The van der Waals surface area contributed by atoms with Crippen molar-refractivity contribution in [2.24, 2.45) is 0 Å². The number of phenols is 1. The number of phenolic OH excluding ortho intramolecular Hbond substituents is 1. The van der Waals surface area contributed by atoms with Crippen molar-refractivity contribution in [1.82, 2.24) is 15.0 Å². The van der Waals surface area contributed by atoms with Gasteiger partial charge in [-0.1, -0.05) is 39.6 Å². The van der Waals surface area contributed by atoms with Gasteiger partial charge in [0.25, 0.3) is 0 Å². The fourth-order valence-electron chi connectivity index (χ4n) is 4.52. The van der Waals surface area contributed by atoms with Crippen molar-refractivity contribution < 1.29 is 9.84 Å². The summed E-state index contributed by atoms with van der Waals surface area (Å²) >= 11 is 0. The number of ether oxygens (including phenoxy) is 1. The first-order valence-electron chi connectivity index (χ1n) is 11.5. The van der Waals surface area contributed by atoms with Crippen molar-refractivity contribution in [2.45, 2.75) is 96.5 Å². The number of rotatable bonds is 8. The van der Waals surface area contributed by atoms with Crippen LogP contribution in [-0.2, 0) is 19.4 Å². The van der Waals surface area contributed by atoms with Gasteiger partial charge in [-0.25, -0.2) is 0 Å². The number of hydrogen-bond acceptors (Lipinski definition) is 6. The van der Waals surface area contributed by atoms with Crippen LogP contribution in [0.25, 0.3) is 0 Å². The molecule has 1 saturated heterocycles. The molecular weight excluding hydrogens is 426 g/mol. The molecule has 2 aliphatic rings. The van der Waals surface area contributed by atoms with Gasteiger partial charge in [-0.3, -0.25) is 4.68 Å². The zero-order valence-electron chi connectivity index (χ0n) is 19.2. The van der Waals surface area contributed by atoms with Crippen LogP contribution < -0.4 is 4.74 Å². The van der Waals surface area contributed by atoms with Crippen LogP contribution in [0.5, 0.6) is 11.5 Å². The largest absolute Gasteiger partial charge is 0.507 e. The maximum atomic E-state index is 10.9. The SMILES string of the molecule is Cc1c(C)c2c(c(Cc3cn(CCCCCC4CCSS4)nn3)c1O)CCC(C)(C)O2. The fourth-order valence-corrected chi connectivity index (χ4v) is 7.55. The van der Waals surface area contributed by atoms with Crippen molar-refractivity contribution >= 4 is 21.6 Å². The quantitative estimate of drug-likeness (QED) is 0.384. The van der Waals surface area contributed by atoms with Crippen LogP contribution in [-0.4, -0.2) is 36.7 Å². The number of fused-ring (bicyclic) bond motifs is 1. The number of aromatic hydroxyl groups is 1. The molecule has 5 nitrogen and oxygen atoms in total. The maximum Gasteiger partial charge on any atom is 0.127 e. The first-order chi connectivity index (χ1) is 14.8. The minimum Gasteiger partial charge on any atom is -0.507 e. The van der Waals surface area contributed by atoms with Crippen LogP contribution in [0.2, 0.25) is 0 Å². The predicted octanol–water partition coefficient (Wildman–Crippen LogP) is 6.01. The molecule has 1 N–H and O–H groups in total. The molecule has 1 aromatic carbocycles. The van der Waals surface area contributed by atoms with E-state index in [9.17, 15) is 5.11 Å². The zero-order chi connectivity index (χ0) is 22.0. The maximum absolute atomic E-state index is 10.9. The lowest BCUT2D eigenvalue weighted by Gasteiger charge is -2.35. The molecule has 0 radical (unpaired) electrons. The number of hydrogen-bond donors (Lipinski definition) is 1. The van der Waals surface area contributed by atoms with E-state index in [-0.39, 0.29) is 5.60 Å². The van der Waals surface area contributed by atoms with Crippen molar-refractivity contribution in [2.75, 3.05) is 5.75 Å². The van der Waals surface area contributed by atoms with Crippen LogP contribution >= 0.6 is 21.6 Å². The van der Waals surface area contributed by atoms with E-state index in [0.717, 1.165) is 64.8 Å². The van der Waals surface area contributed by atoms with E-state index >= 15 is 0 Å². The lowest BCUT2D eigenvalue weighted by molar-refractivity contribution is 0.0830. The van der Waals surface area contributed by atoms with Gasteiger partial charge in [0.05, 0.1) is 5.69 Å². The van der Waals surface area contributed by atoms with Crippen molar-refractivity contribution in [3.63, 3.8) is 0 Å². The van der Waals surface area contributed by atoms with Gasteiger partial charge in [-0.05, 0) is 70.9 Å². The molecular formula is C24H35N3O2S2. The Morgan fingerprint density at radius 3 is 2.84 bits per heavy atom. The topological polar surface area (TPSA) is 60.2 Å². The Morgan fingerprint density at radius 2 is 2.06 bits per heavy atom. The fraction of sp³-hybridized carbons (Fsp3) is 0.667. The van der Waals surface area contributed by atoms with Gasteiger partial charge in [-0.2, -0.15) is 0 Å². The van der Waals surface area contributed by atoms with Crippen molar-refractivity contribution in [1.29, 1.82) is 0 Å². The molecule has 1 atom stereocenters. The standard InChI is InChI=1S/C24H35N3O2S2/c1-16-17(2)23-20(9-11-24(3,4)29-23)21(22(16)28)14-18-15-27(26-25-18)12-7-5-6-8-19-10-13-30-31-19/h15,19,28H,5-14H2,1-4H3. The highest BCUT2D eigenvalue weighted by Gasteiger charge is 2.32. The first-order valence-corrected chi connectivity index (χ1v) is 13.9. The molecule has 4 rings (SSSR count). The lowest BCUT2D eigenvalue weighted by Crippen LogP contribution is -2.33. The zero-order valence-corrected chi connectivity index (χ0v) is 20.9. The summed E-state index contributed by atoms with van der Waals surface area (Å²) in [7, 11) is 4.10. The highest BCUT2D eigenvalue weighted by molar-refractivity contribution is 8.77. The van der Waals surface area contributed by atoms with Gasteiger partial charge in [-0.15, -0.1) is 5.10 Å². The van der Waals surface area contributed by atoms with Gasteiger partial charge >= 0.3 is 0 Å². The Morgan fingerprint density at radius 1 is 1.23 bits per heavy atom. The van der Waals surface area contributed by atoms with Crippen LogP contribution in [0.1, 0.15) is 80.3 Å². The number of unbranched alkanes of at least 4 members (excludes halogenated alkanes) is 2. The summed E-state index contributed by atoms with van der Waals surface area (Å²) in [6, 6.07) is 0. The van der Waals surface area contributed by atoms with Crippen molar-refractivity contribution in [3.05, 3.63) is 34.1 Å². The Bertz CT molecular complexity index is 920. The Balaban J connectivity index is 1.38. The molecule has 0 saturated carbocycles. The molecule has 3 heterocycles. The molecule has 1 unspecified atom stereocenters. The molecule has 0 amide bonds. The minimum absolute atomic E-state index is 0.170. The molecule has 0 spiro atoms. The van der Waals surface area contributed by atoms with E-state index in [1.165, 1.54) is 31.4 Å². The normalized spacial score (nSPS) is 19.9. The highest BCUT2D eigenvalue weighted by Crippen LogP contribution is 2.44. The van der Waals surface area contributed by atoms with Crippen LogP contribution in [0.15, 0.2) is 6.20 Å². The molecule has 31 heavy (non-hydrogen) atoms. The van der Waals surface area contributed by atoms with E-state index in [2.05, 4.69) is 35.0 Å². The average Bonchev–Trinajstić information content (AvgIpc) is 3.41. The second-order valence-corrected chi connectivity index (χ2v) is 12.4. The number of nitrogens with zero attached hydrogens (tertiary/aromatic N) is 3. The van der Waals surface area contributed by atoms with Gasteiger partial charge in [0.2, 0.25) is 0 Å². The lowest BCUT2D eigenvalue weighted by atomic mass is 9.86. The molecule has 7 heteroatoms. The number of aromatic nitrogens is 3.